The first-order valence-electron chi connectivity index (χ1n) is 9.57. The van der Waals surface area contributed by atoms with E-state index < -0.39 is 0 Å². The number of nitrogens with zero attached hydrogens (tertiary/aromatic N) is 1. The largest absolute Gasteiger partial charge is 0.369 e. The number of nitrogens with one attached hydrogen (secondary N) is 2. The summed E-state index contributed by atoms with van der Waals surface area (Å²) in [4.78, 5) is 30.3. The number of hydrogen-bond acceptors (Lipinski definition) is 3. The van der Waals surface area contributed by atoms with Crippen LogP contribution in [0.15, 0.2) is 24.3 Å². The maximum Gasteiger partial charge on any atom is 0.253 e. The molecule has 1 saturated heterocycles. The Hall–Kier alpha value is -2.63. The average molecular weight is 369 g/mol. The number of ketones is 1. The molecule has 1 fully saturated rings. The van der Waals surface area contributed by atoms with Crippen molar-refractivity contribution in [3.8, 4) is 0 Å². The number of halogens is 1. The third-order valence-electron chi connectivity index (χ3n) is 5.63. The van der Waals surface area contributed by atoms with E-state index in [1.807, 2.05) is 17.9 Å². The molecule has 1 aromatic carbocycles. The SMILES string of the molecule is Cc1[nH]c2c(c1C(=O)NC[C@H]1CCN(c3ccccc3F)C1)C(=O)CCC2. The smallest absolute Gasteiger partial charge is 0.253 e. The van der Waals surface area contributed by atoms with Crippen LogP contribution in [0.4, 0.5) is 10.1 Å². The van der Waals surface area contributed by atoms with E-state index in [1.54, 1.807) is 12.1 Å². The molecule has 1 amide bonds. The first kappa shape index (κ1) is 17.8. The number of benzene rings is 1. The highest BCUT2D eigenvalue weighted by Crippen LogP contribution is 2.28. The van der Waals surface area contributed by atoms with Gasteiger partial charge in [-0.1, -0.05) is 12.1 Å². The van der Waals surface area contributed by atoms with Crippen molar-refractivity contribution in [1.29, 1.82) is 0 Å². The molecule has 1 aromatic heterocycles. The minimum Gasteiger partial charge on any atom is -0.369 e. The number of Topliss-reactive ketones (excluding diaryl/α,β-unsaturated/α-hetero) is 1. The summed E-state index contributed by atoms with van der Waals surface area (Å²) in [5.41, 5.74) is 3.34. The molecule has 2 heterocycles. The van der Waals surface area contributed by atoms with E-state index in [1.165, 1.54) is 6.07 Å². The van der Waals surface area contributed by atoms with E-state index in [9.17, 15) is 14.0 Å². The number of carbonyl (C=O) groups excluding carboxylic acids is 2. The molecule has 27 heavy (non-hydrogen) atoms. The van der Waals surface area contributed by atoms with Gasteiger partial charge in [0.05, 0.1) is 16.8 Å². The molecule has 0 radical (unpaired) electrons. The zero-order chi connectivity index (χ0) is 19.0. The van der Waals surface area contributed by atoms with Gasteiger partial charge in [0.25, 0.3) is 5.91 Å². The molecule has 1 aliphatic carbocycles. The number of aryl methyl sites for hydroxylation is 2. The number of amides is 1. The van der Waals surface area contributed by atoms with Gasteiger partial charge in [-0.3, -0.25) is 9.59 Å². The van der Waals surface area contributed by atoms with E-state index in [2.05, 4.69) is 10.3 Å². The first-order valence-corrected chi connectivity index (χ1v) is 9.57. The van der Waals surface area contributed by atoms with Crippen LogP contribution < -0.4 is 10.2 Å². The van der Waals surface area contributed by atoms with Crippen LogP contribution in [-0.2, 0) is 6.42 Å². The Morgan fingerprint density at radius 3 is 2.96 bits per heavy atom. The highest BCUT2D eigenvalue weighted by molar-refractivity contribution is 6.10. The fraction of sp³-hybridized carbons (Fsp3) is 0.429. The van der Waals surface area contributed by atoms with Crippen LogP contribution in [0.3, 0.4) is 0 Å². The van der Waals surface area contributed by atoms with Crippen molar-refractivity contribution in [1.82, 2.24) is 10.3 Å². The number of anilines is 1. The van der Waals surface area contributed by atoms with Gasteiger partial charge in [0.15, 0.2) is 5.78 Å². The van der Waals surface area contributed by atoms with Crippen LogP contribution in [0.2, 0.25) is 0 Å². The second-order valence-corrected chi connectivity index (χ2v) is 7.52. The van der Waals surface area contributed by atoms with Gasteiger partial charge in [-0.2, -0.15) is 0 Å². The van der Waals surface area contributed by atoms with E-state index >= 15 is 0 Å². The molecule has 142 valence electrons. The number of fused-ring (bicyclic) bond motifs is 1. The topological polar surface area (TPSA) is 65.2 Å². The van der Waals surface area contributed by atoms with Gasteiger partial charge in [0.2, 0.25) is 0 Å². The molecule has 0 saturated carbocycles. The fourth-order valence-electron chi connectivity index (χ4n) is 4.27. The van der Waals surface area contributed by atoms with Crippen molar-refractivity contribution in [2.24, 2.45) is 5.92 Å². The van der Waals surface area contributed by atoms with E-state index in [-0.39, 0.29) is 23.4 Å². The number of hydrogen-bond donors (Lipinski definition) is 2. The number of aromatic nitrogens is 1. The Kier molecular flexibility index (Phi) is 4.72. The van der Waals surface area contributed by atoms with Crippen molar-refractivity contribution in [2.45, 2.75) is 32.6 Å². The van der Waals surface area contributed by atoms with E-state index in [0.29, 0.717) is 36.3 Å². The maximum absolute atomic E-state index is 14.0. The third kappa shape index (κ3) is 3.36. The van der Waals surface area contributed by atoms with Gasteiger partial charge in [-0.25, -0.2) is 4.39 Å². The Morgan fingerprint density at radius 2 is 2.15 bits per heavy atom. The number of carbonyl (C=O) groups is 2. The predicted molar refractivity (Wildman–Crippen MR) is 102 cm³/mol. The van der Waals surface area contributed by atoms with Gasteiger partial charge in [-0.05, 0) is 44.2 Å². The Bertz CT molecular complexity index is 890. The van der Waals surface area contributed by atoms with Crippen LogP contribution in [-0.4, -0.2) is 36.3 Å². The molecule has 2 N–H and O–H groups in total. The van der Waals surface area contributed by atoms with E-state index in [0.717, 1.165) is 37.2 Å². The second-order valence-electron chi connectivity index (χ2n) is 7.52. The Balaban J connectivity index is 1.40. The molecule has 2 aromatic rings. The summed E-state index contributed by atoms with van der Waals surface area (Å²) in [5.74, 6) is -0.0865. The summed E-state index contributed by atoms with van der Waals surface area (Å²) in [6.45, 7) is 3.86. The van der Waals surface area contributed by atoms with Crippen LogP contribution >= 0.6 is 0 Å². The molecule has 6 heteroatoms. The van der Waals surface area contributed by atoms with Gasteiger partial charge in [0, 0.05) is 37.4 Å². The van der Waals surface area contributed by atoms with Crippen LogP contribution in [0.25, 0.3) is 0 Å². The Morgan fingerprint density at radius 1 is 1.33 bits per heavy atom. The second kappa shape index (κ2) is 7.18. The first-order chi connectivity index (χ1) is 13.0. The maximum atomic E-state index is 14.0. The number of para-hydroxylation sites is 1. The van der Waals surface area contributed by atoms with Gasteiger partial charge >= 0.3 is 0 Å². The highest BCUT2D eigenvalue weighted by Gasteiger charge is 2.29. The van der Waals surface area contributed by atoms with E-state index in [4.69, 9.17) is 0 Å². The van der Waals surface area contributed by atoms with Crippen LogP contribution in [0.1, 0.15) is 51.4 Å². The molecule has 4 rings (SSSR count). The molecule has 1 aliphatic heterocycles. The minimum absolute atomic E-state index is 0.0531. The lowest BCUT2D eigenvalue weighted by molar-refractivity contribution is 0.0924. The lowest BCUT2D eigenvalue weighted by Crippen LogP contribution is -2.32. The highest BCUT2D eigenvalue weighted by atomic mass is 19.1. The molecular weight excluding hydrogens is 345 g/mol. The van der Waals surface area contributed by atoms with Crippen LogP contribution in [0, 0.1) is 18.7 Å². The van der Waals surface area contributed by atoms with Crippen molar-refractivity contribution in [3.63, 3.8) is 0 Å². The summed E-state index contributed by atoms with van der Waals surface area (Å²) >= 11 is 0. The number of rotatable bonds is 4. The summed E-state index contributed by atoms with van der Waals surface area (Å²) in [7, 11) is 0. The minimum atomic E-state index is -0.213. The standard InChI is InChI=1S/C21H24FN3O2/c1-13-19(20-16(24-13)6-4-8-18(20)26)21(27)23-11-14-9-10-25(12-14)17-7-3-2-5-15(17)22/h2-3,5,7,14,24H,4,6,8-12H2,1H3,(H,23,27)/t14-/m1/s1. The van der Waals surface area contributed by atoms with Crippen molar-refractivity contribution in [2.75, 3.05) is 24.5 Å². The summed E-state index contributed by atoms with van der Waals surface area (Å²) in [5, 5.41) is 2.99. The summed E-state index contributed by atoms with van der Waals surface area (Å²) in [6.07, 6.45) is 3.05. The number of aromatic amines is 1. The molecule has 1 atom stereocenters. The number of H-pyrrole nitrogens is 1. The summed E-state index contributed by atoms with van der Waals surface area (Å²) < 4.78 is 14.0. The van der Waals surface area contributed by atoms with Crippen molar-refractivity contribution >= 4 is 17.4 Å². The zero-order valence-corrected chi connectivity index (χ0v) is 15.5. The van der Waals surface area contributed by atoms with Crippen LogP contribution in [0.5, 0.6) is 0 Å². The molecule has 2 aliphatic rings. The fourth-order valence-corrected chi connectivity index (χ4v) is 4.27. The lowest BCUT2D eigenvalue weighted by Gasteiger charge is -2.19. The zero-order valence-electron chi connectivity index (χ0n) is 15.5. The molecule has 0 spiro atoms. The summed E-state index contributed by atoms with van der Waals surface area (Å²) in [6, 6.07) is 6.78. The van der Waals surface area contributed by atoms with Gasteiger partial charge in [0.1, 0.15) is 5.82 Å². The van der Waals surface area contributed by atoms with Gasteiger partial charge in [-0.15, -0.1) is 0 Å². The molecule has 5 nitrogen and oxygen atoms in total. The normalized spacial score (nSPS) is 19.3. The van der Waals surface area contributed by atoms with Crippen molar-refractivity contribution in [3.05, 3.63) is 52.6 Å². The monoisotopic (exact) mass is 369 g/mol. The predicted octanol–water partition coefficient (Wildman–Crippen LogP) is 3.24. The lowest BCUT2D eigenvalue weighted by atomic mass is 9.93. The molecule has 0 unspecified atom stereocenters. The quantitative estimate of drug-likeness (QED) is 0.870. The molecule has 0 bridgehead atoms. The van der Waals surface area contributed by atoms with Crippen molar-refractivity contribution < 1.29 is 14.0 Å². The average Bonchev–Trinajstić information content (AvgIpc) is 3.25. The Labute approximate surface area is 157 Å². The van der Waals surface area contributed by atoms with Gasteiger partial charge < -0.3 is 15.2 Å². The third-order valence-corrected chi connectivity index (χ3v) is 5.63. The molecular formula is C21H24FN3O2.